The van der Waals surface area contributed by atoms with Crippen LogP contribution in [0.5, 0.6) is 17.2 Å². The number of methoxy groups -OCH3 is 3. The molecule has 0 aromatic heterocycles. The molecule has 69 heavy (non-hydrogen) atoms. The van der Waals surface area contributed by atoms with Crippen molar-refractivity contribution in [2.45, 2.75) is 0 Å². The first kappa shape index (κ1) is 43.9. The Morgan fingerprint density at radius 2 is 0.391 bits per heavy atom. The molecule has 0 aliphatic rings. The molecule has 0 spiro atoms. The fraction of sp³-hybridized carbons (Fsp3) is 0.0476. The Bertz CT molecular complexity index is 2850. The Morgan fingerprint density at radius 3 is 0.594 bits per heavy atom. The summed E-state index contributed by atoms with van der Waals surface area (Å²) in [7, 11) is 5.10. The first-order valence-corrected chi connectivity index (χ1v) is 23.0. The smallest absolute Gasteiger partial charge is 0.119 e. The lowest BCUT2D eigenvalue weighted by molar-refractivity contribution is 0.414. The van der Waals surface area contributed by atoms with Gasteiger partial charge in [-0.25, -0.2) is 0 Å². The maximum atomic E-state index is 5.68. The summed E-state index contributed by atoms with van der Waals surface area (Å²) < 4.78 is 17.0. The third-order valence-electron chi connectivity index (χ3n) is 12.4. The second-order valence-electron chi connectivity index (χ2n) is 16.5. The lowest BCUT2D eigenvalue weighted by Crippen LogP contribution is -2.16. The van der Waals surface area contributed by atoms with Crippen molar-refractivity contribution in [3.63, 3.8) is 0 Å². The predicted molar refractivity (Wildman–Crippen MR) is 286 cm³/mol. The maximum Gasteiger partial charge on any atom is 0.119 e. The number of rotatable bonds is 15. The topological polar surface area (TPSA) is 37.4 Å². The van der Waals surface area contributed by atoms with Crippen molar-refractivity contribution in [1.82, 2.24) is 0 Å². The summed E-state index contributed by atoms with van der Waals surface area (Å²) >= 11 is 0. The second-order valence-corrected chi connectivity index (χ2v) is 16.5. The van der Waals surface area contributed by atoms with Crippen LogP contribution in [0.4, 0.5) is 51.2 Å². The van der Waals surface area contributed by atoms with Crippen LogP contribution in [0.25, 0.3) is 33.4 Å². The Labute approximate surface area is 405 Å². The minimum Gasteiger partial charge on any atom is -0.497 e. The Morgan fingerprint density at radius 1 is 0.203 bits per heavy atom. The van der Waals surface area contributed by atoms with E-state index >= 15 is 0 Å². The minimum atomic E-state index is 0.779. The summed E-state index contributed by atoms with van der Waals surface area (Å²) in [6.07, 6.45) is 0. The molecule has 336 valence electrons. The van der Waals surface area contributed by atoms with Gasteiger partial charge in [-0.3, -0.25) is 0 Å². The molecule has 0 bridgehead atoms. The van der Waals surface area contributed by atoms with Crippen molar-refractivity contribution in [3.8, 4) is 50.6 Å². The van der Waals surface area contributed by atoms with E-state index in [2.05, 4.69) is 215 Å². The Hall–Kier alpha value is -9.00. The highest BCUT2D eigenvalue weighted by Crippen LogP contribution is 2.47. The molecule has 0 N–H and O–H groups in total. The maximum absolute atomic E-state index is 5.68. The number of anilines is 9. The van der Waals surface area contributed by atoms with E-state index in [1.807, 2.05) is 54.6 Å². The lowest BCUT2D eigenvalue weighted by Gasteiger charge is -2.33. The molecule has 10 aromatic carbocycles. The van der Waals surface area contributed by atoms with Gasteiger partial charge in [0.2, 0.25) is 0 Å². The van der Waals surface area contributed by atoms with E-state index in [0.29, 0.717) is 0 Å². The standard InChI is InChI=1S/C63H51N3O3/c1-67-61-37-31-55(32-38-61)64(52-25-19-49(20-26-52)46-13-7-4-8-14-46)58-43-59(65(56-33-39-62(68-2)40-34-56)53-27-21-50(22-28-53)47-15-9-5-10-16-47)45-60(44-58)66(57-35-41-63(69-3)42-36-57)54-29-23-51(24-30-54)48-17-11-6-12-18-48/h4-45H,1-3H3. The van der Waals surface area contributed by atoms with Crippen molar-refractivity contribution in [3.05, 3.63) is 255 Å². The molecule has 0 saturated carbocycles. The zero-order valence-electron chi connectivity index (χ0n) is 38.8. The van der Waals surface area contributed by atoms with Crippen LogP contribution in [-0.2, 0) is 0 Å². The highest BCUT2D eigenvalue weighted by molar-refractivity contribution is 5.90. The summed E-state index contributed by atoms with van der Waals surface area (Å²) in [6, 6.07) is 89.5. The molecule has 0 aliphatic carbocycles. The van der Waals surface area contributed by atoms with E-state index in [4.69, 9.17) is 14.2 Å². The summed E-state index contributed by atoms with van der Waals surface area (Å²) in [5, 5.41) is 0. The normalized spacial score (nSPS) is 10.8. The summed E-state index contributed by atoms with van der Waals surface area (Å²) in [4.78, 5) is 6.95. The highest BCUT2D eigenvalue weighted by atomic mass is 16.5. The largest absolute Gasteiger partial charge is 0.497 e. The molecular weight excluding hydrogens is 847 g/mol. The summed E-state index contributed by atoms with van der Waals surface area (Å²) in [5.41, 5.74) is 15.6. The van der Waals surface area contributed by atoms with Crippen LogP contribution in [0.1, 0.15) is 0 Å². The number of hydrogen-bond acceptors (Lipinski definition) is 6. The number of ether oxygens (including phenoxy) is 3. The van der Waals surface area contributed by atoms with Gasteiger partial charge in [-0.1, -0.05) is 127 Å². The van der Waals surface area contributed by atoms with Gasteiger partial charge in [-0.05, 0) is 161 Å². The quantitative estimate of drug-likeness (QED) is 0.102. The third kappa shape index (κ3) is 9.64. The van der Waals surface area contributed by atoms with Gasteiger partial charge < -0.3 is 28.9 Å². The molecule has 0 amide bonds. The zero-order valence-corrected chi connectivity index (χ0v) is 38.8. The van der Waals surface area contributed by atoms with Crippen molar-refractivity contribution in [1.29, 1.82) is 0 Å². The molecule has 0 fully saturated rings. The van der Waals surface area contributed by atoms with E-state index in [9.17, 15) is 0 Å². The molecule has 6 heteroatoms. The monoisotopic (exact) mass is 897 g/mol. The van der Waals surface area contributed by atoms with Gasteiger partial charge in [0.1, 0.15) is 17.2 Å². The molecule has 0 unspecified atom stereocenters. The zero-order chi connectivity index (χ0) is 46.9. The van der Waals surface area contributed by atoms with Crippen LogP contribution in [0.3, 0.4) is 0 Å². The van der Waals surface area contributed by atoms with Gasteiger partial charge >= 0.3 is 0 Å². The molecule has 0 radical (unpaired) electrons. The second kappa shape index (κ2) is 20.3. The highest BCUT2D eigenvalue weighted by Gasteiger charge is 2.23. The van der Waals surface area contributed by atoms with Crippen LogP contribution in [0.15, 0.2) is 255 Å². The fourth-order valence-corrected chi connectivity index (χ4v) is 8.80. The van der Waals surface area contributed by atoms with E-state index in [-0.39, 0.29) is 0 Å². The molecule has 6 nitrogen and oxygen atoms in total. The van der Waals surface area contributed by atoms with Gasteiger partial charge in [0.15, 0.2) is 0 Å². The Balaban J connectivity index is 1.22. The van der Waals surface area contributed by atoms with Crippen LogP contribution in [-0.4, -0.2) is 21.3 Å². The van der Waals surface area contributed by atoms with E-state index in [0.717, 1.165) is 102 Å². The number of benzene rings is 10. The molecule has 0 aliphatic heterocycles. The van der Waals surface area contributed by atoms with Gasteiger partial charge in [0.25, 0.3) is 0 Å². The van der Waals surface area contributed by atoms with Crippen molar-refractivity contribution in [2.75, 3.05) is 36.0 Å². The number of hydrogen-bond donors (Lipinski definition) is 0. The lowest BCUT2D eigenvalue weighted by atomic mass is 10.0. The fourth-order valence-electron chi connectivity index (χ4n) is 8.80. The van der Waals surface area contributed by atoms with E-state index < -0.39 is 0 Å². The number of nitrogens with zero attached hydrogens (tertiary/aromatic N) is 3. The molecule has 10 rings (SSSR count). The van der Waals surface area contributed by atoms with Crippen LogP contribution in [0, 0.1) is 0 Å². The summed E-state index contributed by atoms with van der Waals surface area (Å²) in [5.74, 6) is 2.34. The van der Waals surface area contributed by atoms with Crippen molar-refractivity contribution >= 4 is 51.2 Å². The molecule has 10 aromatic rings. The van der Waals surface area contributed by atoms with Crippen LogP contribution >= 0.6 is 0 Å². The van der Waals surface area contributed by atoms with Gasteiger partial charge in [-0.15, -0.1) is 0 Å². The van der Waals surface area contributed by atoms with Gasteiger partial charge in [-0.2, -0.15) is 0 Å². The average molecular weight is 898 g/mol. The molecule has 0 atom stereocenters. The Kier molecular flexibility index (Phi) is 12.9. The van der Waals surface area contributed by atoms with Crippen molar-refractivity contribution in [2.24, 2.45) is 0 Å². The van der Waals surface area contributed by atoms with Crippen molar-refractivity contribution < 1.29 is 14.2 Å². The van der Waals surface area contributed by atoms with Crippen LogP contribution < -0.4 is 28.9 Å². The first-order chi connectivity index (χ1) is 34.0. The van der Waals surface area contributed by atoms with Crippen LogP contribution in [0.2, 0.25) is 0 Å². The molecule has 0 saturated heterocycles. The summed E-state index contributed by atoms with van der Waals surface area (Å²) in [6.45, 7) is 0. The van der Waals surface area contributed by atoms with E-state index in [1.165, 1.54) is 0 Å². The first-order valence-electron chi connectivity index (χ1n) is 23.0. The molecule has 0 heterocycles. The predicted octanol–water partition coefficient (Wildman–Crippen LogP) is 17.1. The SMILES string of the molecule is COc1ccc(N(c2ccc(-c3ccccc3)cc2)c2cc(N(c3ccc(OC)cc3)c3ccc(-c4ccccc4)cc3)cc(N(c3ccc(OC)cc3)c3ccc(-c4ccccc4)cc3)c2)cc1. The third-order valence-corrected chi connectivity index (χ3v) is 12.4. The minimum absolute atomic E-state index is 0.779. The van der Waals surface area contributed by atoms with E-state index in [1.54, 1.807) is 21.3 Å². The van der Waals surface area contributed by atoms with Gasteiger partial charge in [0.05, 0.1) is 38.4 Å². The van der Waals surface area contributed by atoms with Gasteiger partial charge in [0, 0.05) is 34.1 Å². The molecular formula is C63H51N3O3. The average Bonchev–Trinajstić information content (AvgIpc) is 3.43.